The van der Waals surface area contributed by atoms with Crippen molar-refractivity contribution in [2.45, 2.75) is 44.8 Å². The Morgan fingerprint density at radius 2 is 2.17 bits per heavy atom. The van der Waals surface area contributed by atoms with Gasteiger partial charge in [0, 0.05) is 14.0 Å². The lowest BCUT2D eigenvalue weighted by molar-refractivity contribution is -0.388. The minimum atomic E-state index is -0.495. The molecule has 0 aromatic carbocycles. The van der Waals surface area contributed by atoms with E-state index in [1.807, 2.05) is 0 Å². The highest BCUT2D eigenvalue weighted by Gasteiger charge is 2.29. The molecule has 0 saturated heterocycles. The van der Waals surface area contributed by atoms with Crippen LogP contribution in [0.1, 0.15) is 31.5 Å². The molecule has 1 heterocycles. The summed E-state index contributed by atoms with van der Waals surface area (Å²) in [6, 6.07) is -0.132. The number of nitrogens with zero attached hydrogens (tertiary/aromatic N) is 3. The van der Waals surface area contributed by atoms with Gasteiger partial charge in [0.25, 0.3) is 0 Å². The lowest BCUT2D eigenvalue weighted by Gasteiger charge is -2.28. The molecule has 0 radical (unpaired) electrons. The second-order valence-corrected chi connectivity index (χ2v) is 4.75. The number of nitro groups is 1. The molecule has 1 aromatic rings. The number of hydrogen-bond donors (Lipinski definition) is 2. The molecule has 1 aliphatic rings. The van der Waals surface area contributed by atoms with E-state index >= 15 is 0 Å². The molecule has 2 N–H and O–H groups in total. The number of aliphatic hydroxyl groups excluding tert-OH is 1. The van der Waals surface area contributed by atoms with Crippen LogP contribution in [0.4, 0.5) is 11.6 Å². The molecular weight excluding hydrogens is 236 g/mol. The molecule has 1 fully saturated rings. The van der Waals surface area contributed by atoms with E-state index in [1.54, 1.807) is 18.5 Å². The summed E-state index contributed by atoms with van der Waals surface area (Å²) >= 11 is 0. The molecular formula is C11H18N4O3. The van der Waals surface area contributed by atoms with E-state index in [0.717, 1.165) is 25.7 Å². The van der Waals surface area contributed by atoms with Crippen molar-refractivity contribution in [2.24, 2.45) is 7.05 Å². The fourth-order valence-electron chi connectivity index (χ4n) is 2.34. The number of aryl methyl sites for hydroxylation is 1. The summed E-state index contributed by atoms with van der Waals surface area (Å²) in [5, 5.41) is 23.9. The molecule has 1 aliphatic carbocycles. The maximum atomic E-state index is 10.9. The van der Waals surface area contributed by atoms with Gasteiger partial charge in [-0.2, -0.15) is 0 Å². The smallest absolute Gasteiger partial charge is 0.391 e. The summed E-state index contributed by atoms with van der Waals surface area (Å²) in [6.45, 7) is 1.72. The molecule has 2 atom stereocenters. The van der Waals surface area contributed by atoms with Crippen molar-refractivity contribution in [1.82, 2.24) is 9.55 Å². The Kier molecular flexibility index (Phi) is 3.51. The summed E-state index contributed by atoms with van der Waals surface area (Å²) in [7, 11) is 1.73. The Hall–Kier alpha value is -1.63. The first-order chi connectivity index (χ1) is 8.50. The zero-order valence-electron chi connectivity index (χ0n) is 10.6. The van der Waals surface area contributed by atoms with Crippen LogP contribution in [0, 0.1) is 17.0 Å². The first-order valence-corrected chi connectivity index (χ1v) is 6.13. The summed E-state index contributed by atoms with van der Waals surface area (Å²) < 4.78 is 1.65. The van der Waals surface area contributed by atoms with Gasteiger partial charge < -0.3 is 20.5 Å². The van der Waals surface area contributed by atoms with Gasteiger partial charge in [-0.25, -0.2) is 0 Å². The number of rotatable bonds is 3. The Labute approximate surface area is 105 Å². The lowest BCUT2D eigenvalue weighted by Crippen LogP contribution is -2.37. The molecule has 7 nitrogen and oxygen atoms in total. The predicted molar refractivity (Wildman–Crippen MR) is 66.5 cm³/mol. The Bertz CT molecular complexity index is 457. The van der Waals surface area contributed by atoms with Gasteiger partial charge in [0.1, 0.15) is 0 Å². The molecule has 1 saturated carbocycles. The van der Waals surface area contributed by atoms with Gasteiger partial charge in [-0.05, 0) is 22.7 Å². The number of imidazole rings is 1. The van der Waals surface area contributed by atoms with Crippen molar-refractivity contribution in [1.29, 1.82) is 0 Å². The number of hydrogen-bond acceptors (Lipinski definition) is 5. The minimum Gasteiger partial charge on any atom is -0.391 e. The number of aromatic nitrogens is 2. The van der Waals surface area contributed by atoms with Crippen LogP contribution in [0.3, 0.4) is 0 Å². The van der Waals surface area contributed by atoms with Crippen molar-refractivity contribution in [3.63, 3.8) is 0 Å². The van der Waals surface area contributed by atoms with Gasteiger partial charge in [0.2, 0.25) is 11.6 Å². The largest absolute Gasteiger partial charge is 0.406 e. The molecule has 18 heavy (non-hydrogen) atoms. The van der Waals surface area contributed by atoms with Crippen molar-refractivity contribution in [3.8, 4) is 0 Å². The molecule has 0 amide bonds. The van der Waals surface area contributed by atoms with E-state index in [-0.39, 0.29) is 11.9 Å². The second-order valence-electron chi connectivity index (χ2n) is 4.75. The van der Waals surface area contributed by atoms with Crippen LogP contribution in [0.5, 0.6) is 0 Å². The normalized spacial score (nSPS) is 23.9. The first kappa shape index (κ1) is 12.8. The third-order valence-electron chi connectivity index (χ3n) is 3.52. The Morgan fingerprint density at radius 1 is 1.50 bits per heavy atom. The predicted octanol–water partition coefficient (Wildman–Crippen LogP) is 1.35. The van der Waals surface area contributed by atoms with Crippen LogP contribution < -0.4 is 5.32 Å². The van der Waals surface area contributed by atoms with Crippen LogP contribution in [0.15, 0.2) is 0 Å². The van der Waals surface area contributed by atoms with Crippen molar-refractivity contribution in [2.75, 3.05) is 5.32 Å². The van der Waals surface area contributed by atoms with E-state index in [9.17, 15) is 15.2 Å². The monoisotopic (exact) mass is 254 g/mol. The Balaban J connectivity index is 2.24. The zero-order valence-corrected chi connectivity index (χ0v) is 10.6. The van der Waals surface area contributed by atoms with Crippen LogP contribution in [0.2, 0.25) is 0 Å². The maximum absolute atomic E-state index is 10.9. The van der Waals surface area contributed by atoms with Crippen LogP contribution >= 0.6 is 0 Å². The quantitative estimate of drug-likeness (QED) is 0.627. The van der Waals surface area contributed by atoms with Crippen LogP contribution in [-0.2, 0) is 7.05 Å². The average Bonchev–Trinajstić information content (AvgIpc) is 2.60. The van der Waals surface area contributed by atoms with Gasteiger partial charge in [-0.3, -0.25) is 4.57 Å². The van der Waals surface area contributed by atoms with Crippen molar-refractivity contribution < 1.29 is 10.0 Å². The van der Waals surface area contributed by atoms with Gasteiger partial charge in [0.05, 0.1) is 12.1 Å². The molecule has 2 unspecified atom stereocenters. The molecule has 0 spiro atoms. The molecule has 0 bridgehead atoms. The third-order valence-corrected chi connectivity index (χ3v) is 3.52. The highest BCUT2D eigenvalue weighted by Crippen LogP contribution is 2.28. The highest BCUT2D eigenvalue weighted by atomic mass is 16.6. The van der Waals surface area contributed by atoms with E-state index in [1.165, 1.54) is 0 Å². The van der Waals surface area contributed by atoms with Gasteiger partial charge in [0.15, 0.2) is 0 Å². The second kappa shape index (κ2) is 4.93. The van der Waals surface area contributed by atoms with Crippen LogP contribution in [0.25, 0.3) is 0 Å². The van der Waals surface area contributed by atoms with E-state index < -0.39 is 11.0 Å². The summed E-state index contributed by atoms with van der Waals surface area (Å²) in [5.74, 6) is 0.783. The molecule has 1 aromatic heterocycles. The van der Waals surface area contributed by atoms with Gasteiger partial charge in [-0.1, -0.05) is 12.8 Å². The SMILES string of the molecule is Cc1nc([N+](=O)[O-])c(NC2CCCCC2O)n1C. The zero-order chi connectivity index (χ0) is 13.3. The van der Waals surface area contributed by atoms with Crippen LogP contribution in [-0.4, -0.2) is 31.7 Å². The topological polar surface area (TPSA) is 93.2 Å². The summed E-state index contributed by atoms with van der Waals surface area (Å²) in [5.41, 5.74) is 0. The Morgan fingerprint density at radius 3 is 2.78 bits per heavy atom. The number of nitrogens with one attached hydrogen (secondary N) is 1. The standard InChI is InChI=1S/C11H18N4O3/c1-7-12-11(15(17)18)10(14(7)2)13-8-5-3-4-6-9(8)16/h8-9,13,16H,3-6H2,1-2H3. The minimum absolute atomic E-state index is 0.132. The maximum Gasteiger partial charge on any atom is 0.406 e. The summed E-state index contributed by atoms with van der Waals surface area (Å²) in [6.07, 6.45) is 3.14. The lowest BCUT2D eigenvalue weighted by atomic mass is 9.92. The average molecular weight is 254 g/mol. The molecule has 2 rings (SSSR count). The number of aliphatic hydroxyl groups is 1. The van der Waals surface area contributed by atoms with E-state index in [0.29, 0.717) is 11.6 Å². The highest BCUT2D eigenvalue weighted by molar-refractivity contribution is 5.54. The van der Waals surface area contributed by atoms with Gasteiger partial charge >= 0.3 is 5.82 Å². The molecule has 7 heteroatoms. The first-order valence-electron chi connectivity index (χ1n) is 6.13. The molecule has 0 aliphatic heterocycles. The fourth-order valence-corrected chi connectivity index (χ4v) is 2.34. The fraction of sp³-hybridized carbons (Fsp3) is 0.727. The summed E-state index contributed by atoms with van der Waals surface area (Å²) in [4.78, 5) is 14.4. The van der Waals surface area contributed by atoms with Gasteiger partial charge in [-0.15, -0.1) is 0 Å². The van der Waals surface area contributed by atoms with E-state index in [2.05, 4.69) is 10.3 Å². The number of anilines is 1. The third kappa shape index (κ3) is 2.31. The van der Waals surface area contributed by atoms with Crippen molar-refractivity contribution >= 4 is 11.6 Å². The van der Waals surface area contributed by atoms with Crippen molar-refractivity contribution in [3.05, 3.63) is 15.9 Å². The molecule has 100 valence electrons. The van der Waals surface area contributed by atoms with E-state index in [4.69, 9.17) is 0 Å².